The minimum absolute atomic E-state index is 0.132. The first-order chi connectivity index (χ1) is 11.6. The smallest absolute Gasteiger partial charge is 0.225 e. The molecule has 1 aliphatic heterocycles. The van der Waals surface area contributed by atoms with Crippen molar-refractivity contribution in [3.05, 3.63) is 0 Å². The van der Waals surface area contributed by atoms with Crippen molar-refractivity contribution in [1.29, 1.82) is 0 Å². The van der Waals surface area contributed by atoms with Gasteiger partial charge < -0.3 is 14.7 Å². The Morgan fingerprint density at radius 1 is 0.958 bits per heavy atom. The molecule has 138 valence electrons. The van der Waals surface area contributed by atoms with Gasteiger partial charge in [0.1, 0.15) is 0 Å². The molecule has 1 aliphatic carbocycles. The molecule has 2 rings (SSSR count). The molecule has 0 aromatic carbocycles. The summed E-state index contributed by atoms with van der Waals surface area (Å²) >= 11 is 0. The summed E-state index contributed by atoms with van der Waals surface area (Å²) in [6, 6.07) is 0. The highest BCUT2D eigenvalue weighted by molar-refractivity contribution is 5.81. The number of rotatable bonds is 6. The van der Waals surface area contributed by atoms with E-state index < -0.39 is 0 Å². The van der Waals surface area contributed by atoms with Gasteiger partial charge in [0.15, 0.2) is 0 Å². The van der Waals surface area contributed by atoms with Gasteiger partial charge in [0.25, 0.3) is 0 Å². The van der Waals surface area contributed by atoms with Crippen molar-refractivity contribution < 1.29 is 9.59 Å². The first-order valence-electron chi connectivity index (χ1n) is 9.82. The van der Waals surface area contributed by atoms with Gasteiger partial charge in [-0.15, -0.1) is 0 Å². The molecule has 1 saturated carbocycles. The maximum atomic E-state index is 12.7. The minimum atomic E-state index is 0.132. The summed E-state index contributed by atoms with van der Waals surface area (Å²) in [5.41, 5.74) is 0. The van der Waals surface area contributed by atoms with Gasteiger partial charge in [0, 0.05) is 51.6 Å². The molecule has 0 spiro atoms. The Morgan fingerprint density at radius 2 is 1.54 bits per heavy atom. The number of nitrogens with zero attached hydrogens (tertiary/aromatic N) is 3. The molecule has 0 aromatic rings. The highest BCUT2D eigenvalue weighted by Gasteiger charge is 2.33. The lowest BCUT2D eigenvalue weighted by Gasteiger charge is -2.37. The van der Waals surface area contributed by atoms with E-state index in [0.717, 1.165) is 77.8 Å². The molecule has 2 fully saturated rings. The van der Waals surface area contributed by atoms with Crippen LogP contribution in [0.25, 0.3) is 0 Å². The fraction of sp³-hybridized carbons (Fsp3) is 0.895. The van der Waals surface area contributed by atoms with Crippen LogP contribution in [-0.2, 0) is 9.59 Å². The number of carbonyl (C=O) groups is 2. The molecule has 2 aliphatic rings. The van der Waals surface area contributed by atoms with Crippen LogP contribution >= 0.6 is 0 Å². The lowest BCUT2D eigenvalue weighted by Crippen LogP contribution is -2.50. The summed E-state index contributed by atoms with van der Waals surface area (Å²) in [6.07, 6.45) is 5.70. The zero-order valence-electron chi connectivity index (χ0n) is 15.8. The van der Waals surface area contributed by atoms with Crippen LogP contribution in [0.5, 0.6) is 0 Å². The van der Waals surface area contributed by atoms with Crippen LogP contribution in [0.1, 0.15) is 52.4 Å². The van der Waals surface area contributed by atoms with Crippen molar-refractivity contribution in [3.8, 4) is 0 Å². The summed E-state index contributed by atoms with van der Waals surface area (Å²) in [6.45, 7) is 9.98. The van der Waals surface area contributed by atoms with Crippen LogP contribution < -0.4 is 0 Å². The Hall–Kier alpha value is -1.10. The maximum Gasteiger partial charge on any atom is 0.225 e. The van der Waals surface area contributed by atoms with E-state index in [0.29, 0.717) is 5.91 Å². The van der Waals surface area contributed by atoms with Gasteiger partial charge in [0.05, 0.1) is 0 Å². The van der Waals surface area contributed by atoms with Gasteiger partial charge in [-0.3, -0.25) is 9.59 Å². The average molecular weight is 338 g/mol. The molecule has 0 radical (unpaired) electrons. The number of amides is 2. The zero-order chi connectivity index (χ0) is 17.5. The summed E-state index contributed by atoms with van der Waals surface area (Å²) < 4.78 is 0. The number of likely N-dealkylation sites (N-methyl/N-ethyl adjacent to an activating group) is 1. The van der Waals surface area contributed by atoms with E-state index >= 15 is 0 Å². The van der Waals surface area contributed by atoms with Crippen LogP contribution in [0.15, 0.2) is 0 Å². The van der Waals surface area contributed by atoms with Crippen molar-refractivity contribution in [3.63, 3.8) is 0 Å². The number of unbranched alkanes of at least 4 members (excludes halogenated alkanes) is 1. The Balaban J connectivity index is 1.76. The molecule has 0 N–H and O–H groups in total. The standard InChI is InChI=1S/C19H35N3O2/c1-4-6-11-20(3)18(23)16-7-9-17(10-8-16)19(24)22-14-12-21(5-2)13-15-22/h16-17H,4-15H2,1-3H3. The Kier molecular flexibility index (Phi) is 7.53. The predicted molar refractivity (Wildman–Crippen MR) is 96.7 cm³/mol. The van der Waals surface area contributed by atoms with Gasteiger partial charge >= 0.3 is 0 Å². The van der Waals surface area contributed by atoms with Crippen LogP contribution in [0.2, 0.25) is 0 Å². The number of carbonyl (C=O) groups excluding carboxylic acids is 2. The highest BCUT2D eigenvalue weighted by atomic mass is 16.2. The second-order valence-electron chi connectivity index (χ2n) is 7.42. The van der Waals surface area contributed by atoms with Gasteiger partial charge in [0.2, 0.25) is 11.8 Å². The average Bonchev–Trinajstić information content (AvgIpc) is 2.65. The summed E-state index contributed by atoms with van der Waals surface area (Å²) in [7, 11) is 1.92. The second-order valence-corrected chi connectivity index (χ2v) is 7.42. The van der Waals surface area contributed by atoms with Crippen molar-refractivity contribution in [2.24, 2.45) is 11.8 Å². The number of piperazine rings is 1. The fourth-order valence-corrected chi connectivity index (χ4v) is 3.95. The van der Waals surface area contributed by atoms with Gasteiger partial charge in [-0.1, -0.05) is 20.3 Å². The van der Waals surface area contributed by atoms with E-state index in [2.05, 4.69) is 18.7 Å². The molecule has 0 unspecified atom stereocenters. The van der Waals surface area contributed by atoms with E-state index in [1.807, 2.05) is 16.8 Å². The van der Waals surface area contributed by atoms with E-state index in [1.54, 1.807) is 0 Å². The Labute approximate surface area is 147 Å². The van der Waals surface area contributed by atoms with Crippen molar-refractivity contribution >= 4 is 11.8 Å². The van der Waals surface area contributed by atoms with E-state index in [4.69, 9.17) is 0 Å². The third-order valence-corrected chi connectivity index (χ3v) is 5.78. The van der Waals surface area contributed by atoms with E-state index in [9.17, 15) is 9.59 Å². The molecule has 0 aromatic heterocycles. The minimum Gasteiger partial charge on any atom is -0.346 e. The number of hydrogen-bond acceptors (Lipinski definition) is 3. The third-order valence-electron chi connectivity index (χ3n) is 5.78. The summed E-state index contributed by atoms with van der Waals surface area (Å²) in [5.74, 6) is 0.887. The molecule has 1 heterocycles. The largest absolute Gasteiger partial charge is 0.346 e. The monoisotopic (exact) mass is 337 g/mol. The van der Waals surface area contributed by atoms with Crippen LogP contribution in [0.4, 0.5) is 0 Å². The first kappa shape index (κ1) is 19.2. The highest BCUT2D eigenvalue weighted by Crippen LogP contribution is 2.31. The second kappa shape index (κ2) is 9.40. The fourth-order valence-electron chi connectivity index (χ4n) is 3.95. The molecule has 5 heteroatoms. The SMILES string of the molecule is CCCCN(C)C(=O)C1CCC(C(=O)N2CCN(CC)CC2)CC1. The van der Waals surface area contributed by atoms with Gasteiger partial charge in [-0.25, -0.2) is 0 Å². The molecule has 5 nitrogen and oxygen atoms in total. The molecule has 1 saturated heterocycles. The van der Waals surface area contributed by atoms with Crippen LogP contribution in [-0.4, -0.2) is 72.8 Å². The normalized spacial score (nSPS) is 25.5. The zero-order valence-corrected chi connectivity index (χ0v) is 15.8. The van der Waals surface area contributed by atoms with E-state index in [1.165, 1.54) is 0 Å². The lowest BCUT2D eigenvalue weighted by molar-refractivity contribution is -0.142. The predicted octanol–water partition coefficient (Wildman–Crippen LogP) is 2.22. The molecular weight excluding hydrogens is 302 g/mol. The van der Waals surface area contributed by atoms with E-state index in [-0.39, 0.29) is 17.7 Å². The molecular formula is C19H35N3O2. The molecule has 24 heavy (non-hydrogen) atoms. The first-order valence-corrected chi connectivity index (χ1v) is 9.82. The molecule has 2 amide bonds. The van der Waals surface area contributed by atoms with Crippen molar-refractivity contribution in [2.75, 3.05) is 46.3 Å². The van der Waals surface area contributed by atoms with Crippen LogP contribution in [0, 0.1) is 11.8 Å². The molecule has 0 bridgehead atoms. The van der Waals surface area contributed by atoms with Crippen molar-refractivity contribution in [2.45, 2.75) is 52.4 Å². The Morgan fingerprint density at radius 3 is 2.08 bits per heavy atom. The Bertz CT molecular complexity index is 411. The topological polar surface area (TPSA) is 43.9 Å². The summed E-state index contributed by atoms with van der Waals surface area (Å²) in [5, 5.41) is 0. The lowest BCUT2D eigenvalue weighted by atomic mass is 9.80. The van der Waals surface area contributed by atoms with Crippen molar-refractivity contribution in [1.82, 2.24) is 14.7 Å². The van der Waals surface area contributed by atoms with Crippen LogP contribution in [0.3, 0.4) is 0 Å². The van der Waals surface area contributed by atoms with Gasteiger partial charge in [-0.2, -0.15) is 0 Å². The number of hydrogen-bond donors (Lipinski definition) is 0. The maximum absolute atomic E-state index is 12.7. The third kappa shape index (κ3) is 4.95. The summed E-state index contributed by atoms with van der Waals surface area (Å²) in [4.78, 5) is 31.5. The molecule has 0 atom stereocenters. The quantitative estimate of drug-likeness (QED) is 0.746. The van der Waals surface area contributed by atoms with Gasteiger partial charge in [-0.05, 0) is 38.6 Å².